The number of benzene rings is 1. The van der Waals surface area contributed by atoms with Gasteiger partial charge in [0.15, 0.2) is 0 Å². The van der Waals surface area contributed by atoms with Gasteiger partial charge < -0.3 is 10.0 Å². The quantitative estimate of drug-likeness (QED) is 0.921. The number of β-amino-alcohol motifs (C(OH)–C–C–N with tert-alkyl or cyclic N) is 1. The number of nitrogens with zero attached hydrogens (tertiary/aromatic N) is 1. The van der Waals surface area contributed by atoms with Crippen molar-refractivity contribution in [3.63, 3.8) is 0 Å². The average molecular weight is 275 g/mol. The predicted molar refractivity (Wildman–Crippen MR) is 80.7 cm³/mol. The number of hydrogen-bond acceptors (Lipinski definition) is 2. The molecule has 1 aromatic rings. The molecule has 0 aromatic heterocycles. The first-order valence-electron chi connectivity index (χ1n) is 7.52. The molecule has 1 atom stereocenters. The van der Waals surface area contributed by atoms with Crippen molar-refractivity contribution in [2.24, 2.45) is 0 Å². The van der Waals surface area contributed by atoms with Gasteiger partial charge in [0.05, 0.1) is 11.5 Å². The van der Waals surface area contributed by atoms with Gasteiger partial charge in [0.2, 0.25) is 5.91 Å². The third-order valence-corrected chi connectivity index (χ3v) is 4.30. The van der Waals surface area contributed by atoms with E-state index in [0.717, 1.165) is 31.4 Å². The molecule has 3 nitrogen and oxygen atoms in total. The third kappa shape index (κ3) is 3.04. The zero-order chi connectivity index (χ0) is 14.8. The summed E-state index contributed by atoms with van der Waals surface area (Å²) in [6.07, 6.45) is 2.33. The van der Waals surface area contributed by atoms with Crippen LogP contribution < -0.4 is 0 Å². The summed E-state index contributed by atoms with van der Waals surface area (Å²) in [5.74, 6) is 0.112. The Morgan fingerprint density at radius 1 is 1.35 bits per heavy atom. The maximum Gasteiger partial charge on any atom is 0.232 e. The molecule has 1 aromatic carbocycles. The molecule has 2 rings (SSSR count). The lowest BCUT2D eigenvalue weighted by atomic mass is 9.82. The molecular formula is C17H25NO2. The van der Waals surface area contributed by atoms with Gasteiger partial charge in [-0.2, -0.15) is 0 Å². The Bertz CT molecular complexity index is 464. The van der Waals surface area contributed by atoms with Gasteiger partial charge in [-0.25, -0.2) is 0 Å². The third-order valence-electron chi connectivity index (χ3n) is 4.30. The number of hydrogen-bond donors (Lipinski definition) is 1. The molecule has 0 radical (unpaired) electrons. The highest BCUT2D eigenvalue weighted by Crippen LogP contribution is 2.27. The van der Waals surface area contributed by atoms with Gasteiger partial charge in [-0.3, -0.25) is 4.79 Å². The molecule has 3 heteroatoms. The number of likely N-dealkylation sites (tertiary alicyclic amines) is 1. The summed E-state index contributed by atoms with van der Waals surface area (Å²) in [7, 11) is 0. The molecule has 1 N–H and O–H groups in total. The van der Waals surface area contributed by atoms with Crippen LogP contribution in [0.5, 0.6) is 0 Å². The van der Waals surface area contributed by atoms with E-state index in [1.807, 2.05) is 18.7 Å². The first-order chi connectivity index (χ1) is 9.45. The second-order valence-electron chi connectivity index (χ2n) is 6.22. The number of aliphatic hydroxyl groups is 1. The van der Waals surface area contributed by atoms with Crippen molar-refractivity contribution in [1.29, 1.82) is 0 Å². The Morgan fingerprint density at radius 3 is 2.55 bits per heavy atom. The largest absolute Gasteiger partial charge is 0.391 e. The van der Waals surface area contributed by atoms with Crippen molar-refractivity contribution < 1.29 is 9.90 Å². The van der Waals surface area contributed by atoms with E-state index in [1.165, 1.54) is 5.56 Å². The molecule has 0 bridgehead atoms. The van der Waals surface area contributed by atoms with E-state index < -0.39 is 5.41 Å². The lowest BCUT2D eigenvalue weighted by Crippen LogP contribution is -2.49. The number of amides is 1. The van der Waals surface area contributed by atoms with E-state index in [4.69, 9.17) is 0 Å². The molecule has 0 aliphatic carbocycles. The Kier molecular flexibility index (Phi) is 4.48. The average Bonchev–Trinajstić information content (AvgIpc) is 2.46. The number of carbonyl (C=O) groups is 1. The van der Waals surface area contributed by atoms with Crippen molar-refractivity contribution in [2.75, 3.05) is 13.1 Å². The van der Waals surface area contributed by atoms with Crippen molar-refractivity contribution >= 4 is 5.91 Å². The van der Waals surface area contributed by atoms with Crippen molar-refractivity contribution in [3.8, 4) is 0 Å². The van der Waals surface area contributed by atoms with Crippen LogP contribution in [-0.2, 0) is 16.6 Å². The van der Waals surface area contributed by atoms with Crippen LogP contribution >= 0.6 is 0 Å². The standard InChI is InChI=1S/C17H25NO2/c1-4-13-7-9-14(10-8-13)17(2,3)16(20)18-11-5-6-15(19)12-18/h7-10,15,19H,4-6,11-12H2,1-3H3. The summed E-state index contributed by atoms with van der Waals surface area (Å²) < 4.78 is 0. The minimum Gasteiger partial charge on any atom is -0.391 e. The van der Waals surface area contributed by atoms with Gasteiger partial charge in [-0.05, 0) is 44.2 Å². The Labute approximate surface area is 121 Å². The summed E-state index contributed by atoms with van der Waals surface area (Å²) in [5, 5.41) is 9.74. The fourth-order valence-electron chi connectivity index (χ4n) is 2.82. The summed E-state index contributed by atoms with van der Waals surface area (Å²) >= 11 is 0. The molecule has 1 unspecified atom stereocenters. The SMILES string of the molecule is CCc1ccc(C(C)(C)C(=O)N2CCCC(O)C2)cc1. The van der Waals surface area contributed by atoms with Crippen LogP contribution in [-0.4, -0.2) is 35.1 Å². The van der Waals surface area contributed by atoms with Gasteiger partial charge in [0, 0.05) is 13.1 Å². The highest BCUT2D eigenvalue weighted by Gasteiger charge is 2.35. The number of aryl methyl sites for hydroxylation is 1. The van der Waals surface area contributed by atoms with Crippen LogP contribution in [0.2, 0.25) is 0 Å². The smallest absolute Gasteiger partial charge is 0.232 e. The first kappa shape index (κ1) is 15.0. The molecule has 1 aliphatic rings. The van der Waals surface area contributed by atoms with E-state index >= 15 is 0 Å². The minimum atomic E-state index is -0.538. The highest BCUT2D eigenvalue weighted by atomic mass is 16.3. The number of rotatable bonds is 3. The van der Waals surface area contributed by atoms with Gasteiger partial charge in [0.1, 0.15) is 0 Å². The molecule has 110 valence electrons. The molecular weight excluding hydrogens is 250 g/mol. The molecule has 20 heavy (non-hydrogen) atoms. The maximum absolute atomic E-state index is 12.7. The van der Waals surface area contributed by atoms with Crippen LogP contribution in [0.4, 0.5) is 0 Å². The van der Waals surface area contributed by atoms with E-state index in [1.54, 1.807) is 0 Å². The highest BCUT2D eigenvalue weighted by molar-refractivity contribution is 5.87. The van der Waals surface area contributed by atoms with Crippen molar-refractivity contribution in [3.05, 3.63) is 35.4 Å². The van der Waals surface area contributed by atoms with Gasteiger partial charge >= 0.3 is 0 Å². The second kappa shape index (κ2) is 5.96. The van der Waals surface area contributed by atoms with E-state index in [9.17, 15) is 9.90 Å². The van der Waals surface area contributed by atoms with Crippen LogP contribution in [0.15, 0.2) is 24.3 Å². The zero-order valence-electron chi connectivity index (χ0n) is 12.7. The molecule has 0 saturated carbocycles. The van der Waals surface area contributed by atoms with E-state index in [-0.39, 0.29) is 12.0 Å². The molecule has 1 heterocycles. The topological polar surface area (TPSA) is 40.5 Å². The van der Waals surface area contributed by atoms with E-state index in [0.29, 0.717) is 6.54 Å². The Morgan fingerprint density at radius 2 is 2.00 bits per heavy atom. The predicted octanol–water partition coefficient (Wildman–Crippen LogP) is 2.51. The summed E-state index contributed by atoms with van der Waals surface area (Å²) in [6.45, 7) is 7.29. The maximum atomic E-state index is 12.7. The summed E-state index contributed by atoms with van der Waals surface area (Å²) in [4.78, 5) is 14.5. The van der Waals surface area contributed by atoms with Crippen LogP contribution in [0.1, 0.15) is 44.7 Å². The number of carbonyl (C=O) groups excluding carboxylic acids is 1. The molecule has 0 spiro atoms. The fourth-order valence-corrected chi connectivity index (χ4v) is 2.82. The van der Waals surface area contributed by atoms with Gasteiger partial charge in [-0.1, -0.05) is 31.2 Å². The van der Waals surface area contributed by atoms with Crippen molar-refractivity contribution in [1.82, 2.24) is 4.90 Å². The molecule has 1 saturated heterocycles. The van der Waals surface area contributed by atoms with Crippen LogP contribution in [0.3, 0.4) is 0 Å². The second-order valence-corrected chi connectivity index (χ2v) is 6.22. The zero-order valence-corrected chi connectivity index (χ0v) is 12.7. The normalized spacial score (nSPS) is 20.0. The van der Waals surface area contributed by atoms with Crippen molar-refractivity contribution in [2.45, 2.75) is 51.6 Å². The Balaban J connectivity index is 2.17. The number of aliphatic hydroxyl groups excluding tert-OH is 1. The summed E-state index contributed by atoms with van der Waals surface area (Å²) in [6, 6.07) is 8.29. The molecule has 1 amide bonds. The molecule has 1 aliphatic heterocycles. The lowest BCUT2D eigenvalue weighted by molar-refractivity contribution is -0.139. The number of piperidine rings is 1. The molecule has 1 fully saturated rings. The fraction of sp³-hybridized carbons (Fsp3) is 0.588. The van der Waals surface area contributed by atoms with Gasteiger partial charge in [-0.15, -0.1) is 0 Å². The Hall–Kier alpha value is -1.35. The monoisotopic (exact) mass is 275 g/mol. The lowest BCUT2D eigenvalue weighted by Gasteiger charge is -2.36. The minimum absolute atomic E-state index is 0.112. The van der Waals surface area contributed by atoms with Crippen LogP contribution in [0.25, 0.3) is 0 Å². The van der Waals surface area contributed by atoms with Gasteiger partial charge in [0.25, 0.3) is 0 Å². The van der Waals surface area contributed by atoms with E-state index in [2.05, 4.69) is 31.2 Å². The summed E-state index contributed by atoms with van der Waals surface area (Å²) in [5.41, 5.74) is 1.79. The van der Waals surface area contributed by atoms with Crippen LogP contribution in [0, 0.1) is 0 Å². The first-order valence-corrected chi connectivity index (χ1v) is 7.52.